The molecule has 4 nitrogen and oxygen atoms in total. The lowest BCUT2D eigenvalue weighted by molar-refractivity contribution is 0.313. The standard InChI is InChI=1S/C12H18BrN3O/c1-8(12(14)16-17)7-15-9(2)10-4-3-5-11(13)6-10/h3-6,8-9,15,17H,7H2,1-2H3,(H2,14,16)/t8?,9-/m0/s1. The van der Waals surface area contributed by atoms with Gasteiger partial charge in [-0.05, 0) is 24.6 Å². The zero-order valence-electron chi connectivity index (χ0n) is 10.0. The molecule has 2 atom stereocenters. The largest absolute Gasteiger partial charge is 0.409 e. The lowest BCUT2D eigenvalue weighted by Gasteiger charge is -2.17. The molecule has 17 heavy (non-hydrogen) atoms. The Labute approximate surface area is 110 Å². The van der Waals surface area contributed by atoms with Gasteiger partial charge in [-0.1, -0.05) is 40.1 Å². The van der Waals surface area contributed by atoms with E-state index in [9.17, 15) is 0 Å². The highest BCUT2D eigenvalue weighted by molar-refractivity contribution is 9.10. The van der Waals surface area contributed by atoms with Crippen LogP contribution in [0.2, 0.25) is 0 Å². The van der Waals surface area contributed by atoms with Gasteiger partial charge in [0.25, 0.3) is 0 Å². The van der Waals surface area contributed by atoms with E-state index >= 15 is 0 Å². The quantitative estimate of drug-likeness (QED) is 0.338. The molecule has 1 aromatic carbocycles. The molecule has 5 heteroatoms. The van der Waals surface area contributed by atoms with Gasteiger partial charge in [0.2, 0.25) is 0 Å². The van der Waals surface area contributed by atoms with Crippen molar-refractivity contribution >= 4 is 21.8 Å². The van der Waals surface area contributed by atoms with Crippen molar-refractivity contribution in [1.29, 1.82) is 0 Å². The van der Waals surface area contributed by atoms with Crippen LogP contribution in [0.3, 0.4) is 0 Å². The maximum absolute atomic E-state index is 8.55. The van der Waals surface area contributed by atoms with Crippen molar-refractivity contribution < 1.29 is 5.21 Å². The zero-order chi connectivity index (χ0) is 12.8. The second kappa shape index (κ2) is 6.61. The van der Waals surface area contributed by atoms with Crippen LogP contribution in [-0.2, 0) is 0 Å². The summed E-state index contributed by atoms with van der Waals surface area (Å²) in [5.41, 5.74) is 6.72. The summed E-state index contributed by atoms with van der Waals surface area (Å²) in [5.74, 6) is 0.258. The van der Waals surface area contributed by atoms with Crippen molar-refractivity contribution in [2.75, 3.05) is 6.54 Å². The molecule has 0 aliphatic heterocycles. The minimum atomic E-state index is 0.00889. The highest BCUT2D eigenvalue weighted by Crippen LogP contribution is 2.17. The molecule has 94 valence electrons. The van der Waals surface area contributed by atoms with Crippen LogP contribution in [0.5, 0.6) is 0 Å². The molecule has 1 unspecified atom stereocenters. The molecule has 0 bridgehead atoms. The number of nitrogens with two attached hydrogens (primary N) is 1. The van der Waals surface area contributed by atoms with E-state index in [0.717, 1.165) is 4.47 Å². The molecule has 0 spiro atoms. The number of nitrogens with one attached hydrogen (secondary N) is 1. The van der Waals surface area contributed by atoms with Crippen LogP contribution in [0.4, 0.5) is 0 Å². The lowest BCUT2D eigenvalue weighted by atomic mass is 10.1. The fraction of sp³-hybridized carbons (Fsp3) is 0.417. The van der Waals surface area contributed by atoms with Crippen LogP contribution < -0.4 is 11.1 Å². The maximum atomic E-state index is 8.55. The van der Waals surface area contributed by atoms with E-state index in [0.29, 0.717) is 6.54 Å². The molecule has 0 radical (unpaired) electrons. The Morgan fingerprint density at radius 2 is 2.24 bits per heavy atom. The second-order valence-corrected chi connectivity index (χ2v) is 5.03. The number of benzene rings is 1. The Bertz CT molecular complexity index is 395. The predicted octanol–water partition coefficient (Wildman–Crippen LogP) is 2.48. The Balaban J connectivity index is 2.53. The first-order chi connectivity index (χ1) is 8.04. The molecular formula is C12H18BrN3O. The summed E-state index contributed by atoms with van der Waals surface area (Å²) in [6.45, 7) is 4.67. The van der Waals surface area contributed by atoms with E-state index in [4.69, 9.17) is 10.9 Å². The first kappa shape index (κ1) is 14.0. The van der Waals surface area contributed by atoms with E-state index < -0.39 is 0 Å². The normalized spacial score (nSPS) is 15.6. The third-order valence-electron chi connectivity index (χ3n) is 2.70. The molecule has 0 saturated carbocycles. The van der Waals surface area contributed by atoms with Crippen LogP contribution in [0.15, 0.2) is 33.9 Å². The summed E-state index contributed by atoms with van der Waals surface area (Å²) >= 11 is 3.44. The SMILES string of the molecule is CC(CN[C@@H](C)c1cccc(Br)c1)/C(N)=N/O. The van der Waals surface area contributed by atoms with Crippen molar-refractivity contribution in [2.24, 2.45) is 16.8 Å². The van der Waals surface area contributed by atoms with Crippen LogP contribution in [0.1, 0.15) is 25.5 Å². The van der Waals surface area contributed by atoms with Crippen molar-refractivity contribution in [3.63, 3.8) is 0 Å². The van der Waals surface area contributed by atoms with Crippen LogP contribution in [0.25, 0.3) is 0 Å². The number of halogens is 1. The second-order valence-electron chi connectivity index (χ2n) is 4.11. The van der Waals surface area contributed by atoms with E-state index in [2.05, 4.69) is 45.5 Å². The molecule has 4 N–H and O–H groups in total. The summed E-state index contributed by atoms with van der Waals surface area (Å²) in [6, 6.07) is 8.36. The van der Waals surface area contributed by atoms with Crippen LogP contribution in [-0.4, -0.2) is 17.6 Å². The van der Waals surface area contributed by atoms with Crippen molar-refractivity contribution in [3.8, 4) is 0 Å². The van der Waals surface area contributed by atoms with E-state index in [-0.39, 0.29) is 17.8 Å². The van der Waals surface area contributed by atoms with Crippen molar-refractivity contribution in [2.45, 2.75) is 19.9 Å². The molecule has 1 aromatic rings. The monoisotopic (exact) mass is 299 g/mol. The molecule has 1 rings (SSSR count). The number of amidine groups is 1. The van der Waals surface area contributed by atoms with Gasteiger partial charge in [0, 0.05) is 23.0 Å². The number of hydrogen-bond acceptors (Lipinski definition) is 3. The third-order valence-corrected chi connectivity index (χ3v) is 3.19. The Morgan fingerprint density at radius 1 is 1.53 bits per heavy atom. The van der Waals surface area contributed by atoms with Gasteiger partial charge >= 0.3 is 0 Å². The Kier molecular flexibility index (Phi) is 5.44. The fourth-order valence-corrected chi connectivity index (χ4v) is 1.87. The molecule has 0 saturated heterocycles. The first-order valence-electron chi connectivity index (χ1n) is 5.51. The van der Waals surface area contributed by atoms with Gasteiger partial charge in [-0.15, -0.1) is 0 Å². The van der Waals surface area contributed by atoms with Crippen LogP contribution in [0, 0.1) is 5.92 Å². The minimum Gasteiger partial charge on any atom is -0.409 e. The van der Waals surface area contributed by atoms with E-state index in [1.807, 2.05) is 19.1 Å². The summed E-state index contributed by atoms with van der Waals surface area (Å²) in [7, 11) is 0. The van der Waals surface area contributed by atoms with Gasteiger partial charge in [0.15, 0.2) is 0 Å². The Hall–Kier alpha value is -1.07. The van der Waals surface area contributed by atoms with Gasteiger partial charge < -0.3 is 16.3 Å². The fourth-order valence-electron chi connectivity index (χ4n) is 1.45. The molecular weight excluding hydrogens is 282 g/mol. The third kappa shape index (κ3) is 4.36. The average Bonchev–Trinajstić information content (AvgIpc) is 2.34. The zero-order valence-corrected chi connectivity index (χ0v) is 11.6. The minimum absolute atomic E-state index is 0.00889. The van der Waals surface area contributed by atoms with Crippen molar-refractivity contribution in [1.82, 2.24) is 5.32 Å². The van der Waals surface area contributed by atoms with E-state index in [1.165, 1.54) is 5.56 Å². The van der Waals surface area contributed by atoms with Gasteiger partial charge in [-0.25, -0.2) is 0 Å². The predicted molar refractivity (Wildman–Crippen MR) is 73.1 cm³/mol. The molecule has 0 amide bonds. The lowest BCUT2D eigenvalue weighted by Crippen LogP contribution is -2.32. The molecule has 0 aliphatic rings. The summed E-state index contributed by atoms with van der Waals surface area (Å²) in [4.78, 5) is 0. The topological polar surface area (TPSA) is 70.6 Å². The number of nitrogens with zero attached hydrogens (tertiary/aromatic N) is 1. The smallest absolute Gasteiger partial charge is 0.143 e. The average molecular weight is 300 g/mol. The highest BCUT2D eigenvalue weighted by atomic mass is 79.9. The van der Waals surface area contributed by atoms with Gasteiger partial charge in [0.1, 0.15) is 5.84 Å². The van der Waals surface area contributed by atoms with Crippen LogP contribution >= 0.6 is 15.9 Å². The number of hydrogen-bond donors (Lipinski definition) is 3. The number of oxime groups is 1. The Morgan fingerprint density at radius 3 is 2.82 bits per heavy atom. The van der Waals surface area contributed by atoms with Gasteiger partial charge in [0.05, 0.1) is 0 Å². The molecule has 0 heterocycles. The molecule has 0 aromatic heterocycles. The summed E-state index contributed by atoms with van der Waals surface area (Å²) in [5, 5.41) is 14.9. The van der Waals surface area contributed by atoms with Gasteiger partial charge in [-0.2, -0.15) is 0 Å². The summed E-state index contributed by atoms with van der Waals surface area (Å²) < 4.78 is 1.06. The first-order valence-corrected chi connectivity index (χ1v) is 6.30. The van der Waals surface area contributed by atoms with Gasteiger partial charge in [-0.3, -0.25) is 0 Å². The molecule has 0 fully saturated rings. The maximum Gasteiger partial charge on any atom is 0.143 e. The number of rotatable bonds is 5. The van der Waals surface area contributed by atoms with E-state index in [1.54, 1.807) is 0 Å². The summed E-state index contributed by atoms with van der Waals surface area (Å²) in [6.07, 6.45) is 0. The highest BCUT2D eigenvalue weighted by Gasteiger charge is 2.10. The van der Waals surface area contributed by atoms with Crippen molar-refractivity contribution in [3.05, 3.63) is 34.3 Å². The molecule has 0 aliphatic carbocycles.